The van der Waals surface area contributed by atoms with Crippen LogP contribution in [0.4, 0.5) is 29.3 Å². The fourth-order valence-corrected chi connectivity index (χ4v) is 3.71. The van der Waals surface area contributed by atoms with Crippen LogP contribution in [-0.2, 0) is 4.74 Å². The van der Waals surface area contributed by atoms with Gasteiger partial charge in [-0.1, -0.05) is 6.92 Å². The third kappa shape index (κ3) is 2.67. The summed E-state index contributed by atoms with van der Waals surface area (Å²) in [4.78, 5) is 15.2. The van der Waals surface area contributed by atoms with Crippen LogP contribution in [0.2, 0.25) is 0 Å². The Balaban J connectivity index is 1.64. The molecule has 0 unspecified atom stereocenters. The van der Waals surface area contributed by atoms with Crippen LogP contribution in [-0.4, -0.2) is 43.9 Å². The first-order valence-electron chi connectivity index (χ1n) is 8.48. The molecule has 1 aromatic carbocycles. The largest absolute Gasteiger partial charge is 0.489 e. The molecule has 136 valence electrons. The summed E-state index contributed by atoms with van der Waals surface area (Å²) in [6.45, 7) is 2.33. The predicted molar refractivity (Wildman–Crippen MR) is 85.1 cm³/mol. The van der Waals surface area contributed by atoms with Crippen molar-refractivity contribution in [2.45, 2.75) is 44.3 Å². The van der Waals surface area contributed by atoms with Crippen LogP contribution in [0.3, 0.4) is 0 Å². The van der Waals surface area contributed by atoms with Gasteiger partial charge in [-0.05, 0) is 6.42 Å². The summed E-state index contributed by atoms with van der Waals surface area (Å²) in [7, 11) is 0. The zero-order valence-corrected chi connectivity index (χ0v) is 13.8. The van der Waals surface area contributed by atoms with Gasteiger partial charge in [0.25, 0.3) is 5.92 Å². The highest BCUT2D eigenvalue weighted by molar-refractivity contribution is 5.93. The zero-order chi connectivity index (χ0) is 17.8. The van der Waals surface area contributed by atoms with Gasteiger partial charge in [-0.15, -0.1) is 0 Å². The number of rotatable bonds is 2. The van der Waals surface area contributed by atoms with Crippen molar-refractivity contribution in [1.29, 1.82) is 0 Å². The highest BCUT2D eigenvalue weighted by Crippen LogP contribution is 2.43. The van der Waals surface area contributed by atoms with E-state index in [4.69, 9.17) is 9.47 Å². The van der Waals surface area contributed by atoms with E-state index in [1.54, 1.807) is 4.90 Å². The topological polar surface area (TPSA) is 42.0 Å². The Morgan fingerprint density at radius 1 is 1.24 bits per heavy atom. The number of fused-ring (bicyclic) bond motifs is 3. The molecular formula is C17H19F3N2O3. The summed E-state index contributed by atoms with van der Waals surface area (Å²) in [6, 6.07) is 2.46. The van der Waals surface area contributed by atoms with Crippen molar-refractivity contribution < 1.29 is 27.4 Å². The van der Waals surface area contributed by atoms with Crippen molar-refractivity contribution in [3.05, 3.63) is 17.9 Å². The normalized spacial score (nSPS) is 27.4. The van der Waals surface area contributed by atoms with Gasteiger partial charge in [0.1, 0.15) is 30.3 Å². The van der Waals surface area contributed by atoms with E-state index in [2.05, 4.69) is 0 Å². The van der Waals surface area contributed by atoms with E-state index in [0.29, 0.717) is 17.9 Å². The molecule has 0 saturated carbocycles. The van der Waals surface area contributed by atoms with Crippen molar-refractivity contribution in [2.75, 3.05) is 29.5 Å². The van der Waals surface area contributed by atoms with Crippen LogP contribution in [0.25, 0.3) is 0 Å². The number of benzene rings is 1. The zero-order valence-electron chi connectivity index (χ0n) is 13.8. The molecule has 2 saturated heterocycles. The van der Waals surface area contributed by atoms with Crippen LogP contribution in [0.15, 0.2) is 12.1 Å². The molecule has 3 heterocycles. The van der Waals surface area contributed by atoms with Crippen molar-refractivity contribution in [3.8, 4) is 5.75 Å². The van der Waals surface area contributed by atoms with Crippen LogP contribution >= 0.6 is 0 Å². The molecule has 3 aliphatic rings. The molecule has 5 nitrogen and oxygen atoms in total. The lowest BCUT2D eigenvalue weighted by atomic mass is 10.0. The van der Waals surface area contributed by atoms with E-state index in [0.717, 1.165) is 0 Å². The van der Waals surface area contributed by atoms with Crippen LogP contribution in [0.5, 0.6) is 5.75 Å². The molecule has 4 rings (SSSR count). The number of ether oxygens (including phenoxy) is 2. The van der Waals surface area contributed by atoms with Gasteiger partial charge >= 0.3 is 6.09 Å². The van der Waals surface area contributed by atoms with Gasteiger partial charge in [0.15, 0.2) is 0 Å². The van der Waals surface area contributed by atoms with Gasteiger partial charge in [0.05, 0.1) is 11.4 Å². The lowest BCUT2D eigenvalue weighted by molar-refractivity contribution is -0.0221. The second-order valence-electron chi connectivity index (χ2n) is 6.69. The summed E-state index contributed by atoms with van der Waals surface area (Å²) >= 11 is 0. The minimum Gasteiger partial charge on any atom is -0.489 e. The summed E-state index contributed by atoms with van der Waals surface area (Å²) in [5.74, 6) is -2.88. The molecular weight excluding hydrogens is 337 g/mol. The average molecular weight is 356 g/mol. The van der Waals surface area contributed by atoms with E-state index >= 15 is 0 Å². The Bertz CT molecular complexity index is 703. The fourth-order valence-electron chi connectivity index (χ4n) is 3.71. The lowest BCUT2D eigenvalue weighted by Gasteiger charge is -2.35. The standard InChI is InChI=1S/C17H19F3N2O3/c1-2-14-13-9-24-15-8-11(21-5-3-17(19,20)4-6-21)10(18)7-12(15)22(13)16(23)25-14/h7-8,13-14H,2-6,9H2,1H3/t13-,14-/m0/s1. The molecule has 0 N–H and O–H groups in total. The number of hydrogen-bond acceptors (Lipinski definition) is 4. The first-order valence-corrected chi connectivity index (χ1v) is 8.48. The summed E-state index contributed by atoms with van der Waals surface area (Å²) < 4.78 is 52.3. The SMILES string of the molecule is CC[C@@H]1OC(=O)N2c3cc(F)c(N4CCC(F)(F)CC4)cc3OC[C@@H]12. The first-order chi connectivity index (χ1) is 11.9. The second-order valence-corrected chi connectivity index (χ2v) is 6.69. The van der Waals surface area contributed by atoms with Crippen LogP contribution in [0, 0.1) is 5.82 Å². The molecule has 1 aromatic rings. The number of carbonyl (C=O) groups excluding carboxylic acids is 1. The molecule has 2 fully saturated rings. The predicted octanol–water partition coefficient (Wildman–Crippen LogP) is 3.56. The number of carbonyl (C=O) groups is 1. The Morgan fingerprint density at radius 3 is 2.64 bits per heavy atom. The third-order valence-corrected chi connectivity index (χ3v) is 5.15. The number of halogens is 3. The second kappa shape index (κ2) is 5.71. The maximum atomic E-state index is 14.7. The summed E-state index contributed by atoms with van der Waals surface area (Å²) in [5.41, 5.74) is 0.563. The third-order valence-electron chi connectivity index (χ3n) is 5.15. The highest BCUT2D eigenvalue weighted by Gasteiger charge is 2.46. The smallest absolute Gasteiger partial charge is 0.415 e. The molecule has 1 amide bonds. The Kier molecular flexibility index (Phi) is 3.73. The van der Waals surface area contributed by atoms with E-state index in [9.17, 15) is 18.0 Å². The fraction of sp³-hybridized carbons (Fsp3) is 0.588. The molecule has 0 radical (unpaired) electrons. The van der Waals surface area contributed by atoms with Gasteiger partial charge < -0.3 is 14.4 Å². The number of anilines is 2. The lowest BCUT2D eigenvalue weighted by Crippen LogP contribution is -2.44. The van der Waals surface area contributed by atoms with Crippen molar-refractivity contribution in [3.63, 3.8) is 0 Å². The minimum atomic E-state index is -2.70. The molecule has 25 heavy (non-hydrogen) atoms. The maximum absolute atomic E-state index is 14.7. The van der Waals surface area contributed by atoms with Gasteiger partial charge in [-0.25, -0.2) is 18.0 Å². The molecule has 0 bridgehead atoms. The van der Waals surface area contributed by atoms with E-state index < -0.39 is 17.8 Å². The Hall–Kier alpha value is -2.12. The number of piperidine rings is 1. The van der Waals surface area contributed by atoms with Crippen molar-refractivity contribution in [1.82, 2.24) is 0 Å². The van der Waals surface area contributed by atoms with E-state index in [-0.39, 0.29) is 50.4 Å². The van der Waals surface area contributed by atoms with Crippen molar-refractivity contribution in [2.24, 2.45) is 0 Å². The molecule has 0 aliphatic carbocycles. The summed E-state index contributed by atoms with van der Waals surface area (Å²) in [5, 5.41) is 0. The maximum Gasteiger partial charge on any atom is 0.415 e. The first kappa shape index (κ1) is 16.4. The van der Waals surface area contributed by atoms with E-state index in [1.807, 2.05) is 6.92 Å². The number of cyclic esters (lactones) is 1. The number of alkyl halides is 2. The molecule has 8 heteroatoms. The molecule has 2 atom stereocenters. The van der Waals surface area contributed by atoms with Crippen LogP contribution < -0.4 is 14.5 Å². The number of nitrogens with zero attached hydrogens (tertiary/aromatic N) is 2. The quantitative estimate of drug-likeness (QED) is 0.813. The molecule has 0 aromatic heterocycles. The monoisotopic (exact) mass is 356 g/mol. The summed E-state index contributed by atoms with van der Waals surface area (Å²) in [6.07, 6.45) is -0.751. The van der Waals surface area contributed by atoms with E-state index in [1.165, 1.54) is 17.0 Å². The number of amides is 1. The number of hydrogen-bond donors (Lipinski definition) is 0. The van der Waals surface area contributed by atoms with Gasteiger partial charge in [0.2, 0.25) is 0 Å². The Morgan fingerprint density at radius 2 is 1.96 bits per heavy atom. The molecule has 3 aliphatic heterocycles. The highest BCUT2D eigenvalue weighted by atomic mass is 19.3. The van der Waals surface area contributed by atoms with Crippen molar-refractivity contribution >= 4 is 17.5 Å². The van der Waals surface area contributed by atoms with Gasteiger partial charge in [-0.2, -0.15) is 0 Å². The average Bonchev–Trinajstić information content (AvgIpc) is 2.91. The Labute approximate surface area is 143 Å². The van der Waals surface area contributed by atoms with Gasteiger partial charge in [0, 0.05) is 38.1 Å². The molecule has 0 spiro atoms. The van der Waals surface area contributed by atoms with Gasteiger partial charge in [-0.3, -0.25) is 4.90 Å². The minimum absolute atomic E-state index is 0.0784. The van der Waals surface area contributed by atoms with Crippen LogP contribution in [0.1, 0.15) is 26.2 Å².